The second kappa shape index (κ2) is 4.86. The van der Waals surface area contributed by atoms with Gasteiger partial charge in [-0.3, -0.25) is 4.57 Å². The molecule has 1 atom stereocenters. The second-order valence-corrected chi connectivity index (χ2v) is 6.76. The number of aromatic nitrogens is 2. The fraction of sp³-hybridized carbons (Fsp3) is 0.533. The molecular weight excluding hydrogens is 284 g/mol. The van der Waals surface area contributed by atoms with Gasteiger partial charge < -0.3 is 19.8 Å². The van der Waals surface area contributed by atoms with Gasteiger partial charge in [0.15, 0.2) is 0 Å². The highest BCUT2D eigenvalue weighted by Gasteiger charge is 2.36. The molecule has 118 valence electrons. The summed E-state index contributed by atoms with van der Waals surface area (Å²) in [4.78, 5) is 14.5. The zero-order valence-corrected chi connectivity index (χ0v) is 13.2. The number of anilines is 1. The van der Waals surface area contributed by atoms with Gasteiger partial charge in [0.1, 0.15) is 11.5 Å². The van der Waals surface area contributed by atoms with Crippen LogP contribution in [0.25, 0.3) is 0 Å². The molecule has 0 unspecified atom stereocenters. The van der Waals surface area contributed by atoms with Gasteiger partial charge in [-0.2, -0.15) is 0 Å². The van der Waals surface area contributed by atoms with Gasteiger partial charge in [-0.25, -0.2) is 0 Å². The predicted molar refractivity (Wildman–Crippen MR) is 81.8 cm³/mol. The van der Waals surface area contributed by atoms with Crippen LogP contribution in [-0.4, -0.2) is 14.5 Å². The first kappa shape index (κ1) is 14.6. The smallest absolute Gasteiger partial charge is 0.406 e. The van der Waals surface area contributed by atoms with Crippen molar-refractivity contribution in [3.63, 3.8) is 0 Å². The normalized spacial score (nSPS) is 19.7. The summed E-state index contributed by atoms with van der Waals surface area (Å²) in [5.74, 6) is 2.12. The molecular formula is C15H20N4O3. The summed E-state index contributed by atoms with van der Waals surface area (Å²) in [6.07, 6.45) is 3.21. The van der Waals surface area contributed by atoms with E-state index in [0.29, 0.717) is 5.82 Å². The van der Waals surface area contributed by atoms with Crippen LogP contribution in [0, 0.1) is 22.5 Å². The lowest BCUT2D eigenvalue weighted by atomic mass is 9.75. The van der Waals surface area contributed by atoms with Crippen molar-refractivity contribution in [1.29, 1.82) is 0 Å². The number of imidazole rings is 1. The molecule has 1 aliphatic rings. The van der Waals surface area contributed by atoms with Gasteiger partial charge in [-0.05, 0) is 34.7 Å². The molecule has 0 aliphatic heterocycles. The van der Waals surface area contributed by atoms with Gasteiger partial charge in [0, 0.05) is 19.0 Å². The summed E-state index contributed by atoms with van der Waals surface area (Å²) in [6, 6.07) is 2.00. The molecule has 1 N–H and O–H groups in total. The number of nitrogens with zero attached hydrogens (tertiary/aromatic N) is 3. The van der Waals surface area contributed by atoms with Crippen LogP contribution in [-0.2, 0) is 13.5 Å². The average Bonchev–Trinajstić information content (AvgIpc) is 2.92. The van der Waals surface area contributed by atoms with E-state index < -0.39 is 4.92 Å². The zero-order chi connectivity index (χ0) is 16.1. The average molecular weight is 304 g/mol. The van der Waals surface area contributed by atoms with Crippen LogP contribution in [0.3, 0.4) is 0 Å². The maximum absolute atomic E-state index is 11.1. The molecule has 3 rings (SSSR count). The second-order valence-electron chi connectivity index (χ2n) is 6.76. The lowest BCUT2D eigenvalue weighted by molar-refractivity contribution is -0.388. The van der Waals surface area contributed by atoms with E-state index in [2.05, 4.69) is 24.1 Å². The first-order valence-electron chi connectivity index (χ1n) is 7.28. The minimum atomic E-state index is -0.460. The van der Waals surface area contributed by atoms with Gasteiger partial charge in [-0.1, -0.05) is 13.8 Å². The molecule has 2 heterocycles. The summed E-state index contributed by atoms with van der Waals surface area (Å²) >= 11 is 0. The van der Waals surface area contributed by atoms with Crippen LogP contribution < -0.4 is 5.32 Å². The summed E-state index contributed by atoms with van der Waals surface area (Å²) in [5.41, 5.74) is 1.16. The number of nitro groups is 1. The van der Waals surface area contributed by atoms with Crippen molar-refractivity contribution in [2.24, 2.45) is 12.5 Å². The highest BCUT2D eigenvalue weighted by atomic mass is 16.6. The number of aryl methyl sites for hydroxylation is 2. The molecule has 2 aromatic heterocycles. The van der Waals surface area contributed by atoms with Crippen LogP contribution in [0.2, 0.25) is 0 Å². The lowest BCUT2D eigenvalue weighted by Crippen LogP contribution is -2.29. The minimum absolute atomic E-state index is 0.0229. The Morgan fingerprint density at radius 3 is 2.95 bits per heavy atom. The van der Waals surface area contributed by atoms with Gasteiger partial charge in [0.25, 0.3) is 0 Å². The van der Waals surface area contributed by atoms with Gasteiger partial charge in [0.2, 0.25) is 12.1 Å². The summed E-state index contributed by atoms with van der Waals surface area (Å²) < 4.78 is 7.45. The van der Waals surface area contributed by atoms with Crippen LogP contribution in [0.5, 0.6) is 0 Å². The van der Waals surface area contributed by atoms with Gasteiger partial charge >= 0.3 is 5.82 Å². The minimum Gasteiger partial charge on any atom is -0.466 e. The van der Waals surface area contributed by atoms with Crippen molar-refractivity contribution < 1.29 is 9.34 Å². The molecule has 1 aliphatic carbocycles. The monoisotopic (exact) mass is 304 g/mol. The zero-order valence-electron chi connectivity index (χ0n) is 13.2. The first-order valence-corrected chi connectivity index (χ1v) is 7.28. The number of hydrogen-bond donors (Lipinski definition) is 1. The fourth-order valence-corrected chi connectivity index (χ4v) is 3.20. The Labute approximate surface area is 128 Å². The number of nitrogens with one attached hydrogen (secondary N) is 1. The Kier molecular flexibility index (Phi) is 3.23. The summed E-state index contributed by atoms with van der Waals surface area (Å²) in [5, 5.41) is 14.4. The third kappa shape index (κ3) is 2.47. The Hall–Kier alpha value is -2.31. The van der Waals surface area contributed by atoms with E-state index in [4.69, 9.17) is 4.42 Å². The van der Waals surface area contributed by atoms with E-state index in [1.54, 1.807) is 11.6 Å². The quantitative estimate of drug-likeness (QED) is 0.694. The molecule has 22 heavy (non-hydrogen) atoms. The van der Waals surface area contributed by atoms with Crippen LogP contribution in [0.1, 0.15) is 43.4 Å². The number of rotatable bonds is 3. The van der Waals surface area contributed by atoms with E-state index in [0.717, 1.165) is 29.9 Å². The summed E-state index contributed by atoms with van der Waals surface area (Å²) in [7, 11) is 1.75. The highest BCUT2D eigenvalue weighted by molar-refractivity contribution is 5.54. The standard InChI is InChI=1S/C15H20N4O3/c1-9-5-10-11(6-15(2,3)7-12(10)22-9)17-14-13(19(20)21)16-8-18(14)4/h5,8,11,17H,6-7H2,1-4H3/t11-/m1/s1. The van der Waals surface area contributed by atoms with Crippen LogP contribution in [0.15, 0.2) is 16.8 Å². The van der Waals surface area contributed by atoms with Crippen molar-refractivity contribution in [2.75, 3.05) is 5.32 Å². The van der Waals surface area contributed by atoms with Crippen LogP contribution >= 0.6 is 0 Å². The first-order chi connectivity index (χ1) is 10.3. The van der Waals surface area contributed by atoms with Crippen molar-refractivity contribution in [3.05, 3.63) is 39.6 Å². The molecule has 0 saturated carbocycles. The number of furan rings is 1. The Morgan fingerprint density at radius 1 is 1.55 bits per heavy atom. The lowest BCUT2D eigenvalue weighted by Gasteiger charge is -2.34. The molecule has 0 aromatic carbocycles. The number of hydrogen-bond acceptors (Lipinski definition) is 5. The fourth-order valence-electron chi connectivity index (χ4n) is 3.20. The van der Waals surface area contributed by atoms with Crippen molar-refractivity contribution in [2.45, 2.75) is 39.7 Å². The van der Waals surface area contributed by atoms with E-state index in [1.807, 2.05) is 13.0 Å². The highest BCUT2D eigenvalue weighted by Crippen LogP contribution is 2.44. The third-order valence-corrected chi connectivity index (χ3v) is 4.14. The van der Waals surface area contributed by atoms with E-state index in [9.17, 15) is 10.1 Å². The van der Waals surface area contributed by atoms with Crippen molar-refractivity contribution in [3.8, 4) is 0 Å². The molecule has 0 spiro atoms. The Balaban J connectivity index is 1.99. The SMILES string of the molecule is Cc1cc2c(o1)CC(C)(C)C[C@H]2Nc1c([N+](=O)[O-])ncn1C. The molecule has 0 fully saturated rings. The van der Waals surface area contributed by atoms with E-state index in [-0.39, 0.29) is 17.3 Å². The largest absolute Gasteiger partial charge is 0.466 e. The van der Waals surface area contributed by atoms with Gasteiger partial charge in [0.05, 0.1) is 6.04 Å². The third-order valence-electron chi connectivity index (χ3n) is 4.14. The van der Waals surface area contributed by atoms with E-state index >= 15 is 0 Å². The molecule has 0 saturated heterocycles. The molecule has 7 nitrogen and oxygen atoms in total. The maximum Gasteiger partial charge on any atom is 0.406 e. The molecule has 7 heteroatoms. The predicted octanol–water partition coefficient (Wildman–Crippen LogP) is 3.36. The topological polar surface area (TPSA) is 86.1 Å². The Bertz CT molecular complexity index is 729. The molecule has 2 aromatic rings. The molecule has 0 amide bonds. The number of fused-ring (bicyclic) bond motifs is 1. The van der Waals surface area contributed by atoms with Crippen LogP contribution in [0.4, 0.5) is 11.6 Å². The van der Waals surface area contributed by atoms with Gasteiger partial charge in [-0.15, -0.1) is 0 Å². The van der Waals surface area contributed by atoms with E-state index in [1.165, 1.54) is 6.33 Å². The maximum atomic E-state index is 11.1. The summed E-state index contributed by atoms with van der Waals surface area (Å²) in [6.45, 7) is 6.29. The van der Waals surface area contributed by atoms with Crippen molar-refractivity contribution >= 4 is 11.6 Å². The molecule has 0 radical (unpaired) electrons. The molecule has 0 bridgehead atoms. The van der Waals surface area contributed by atoms with Crippen molar-refractivity contribution in [1.82, 2.24) is 9.55 Å². The Morgan fingerprint density at radius 2 is 2.27 bits per heavy atom.